The van der Waals surface area contributed by atoms with E-state index >= 15 is 0 Å². The molecule has 0 saturated heterocycles. The Balaban J connectivity index is 1.96. The van der Waals surface area contributed by atoms with Crippen molar-refractivity contribution in [3.05, 3.63) is 78.4 Å². The number of hydrogen-bond donors (Lipinski definition) is 2. The molecular weight excluding hydrogens is 514 g/mol. The van der Waals surface area contributed by atoms with Gasteiger partial charge in [-0.15, -0.1) is 0 Å². The third-order valence-electron chi connectivity index (χ3n) is 5.40. The first-order valence-electron chi connectivity index (χ1n) is 11.6. The van der Waals surface area contributed by atoms with Crippen LogP contribution in [0.25, 0.3) is 0 Å². The summed E-state index contributed by atoms with van der Waals surface area (Å²) in [4.78, 5) is 13.1. The maximum absolute atomic E-state index is 13.5. The Kier molecular flexibility index (Phi) is 8.95. The van der Waals surface area contributed by atoms with Crippen molar-refractivity contribution in [3.8, 4) is 5.75 Å². The molecule has 0 aliphatic carbocycles. The van der Waals surface area contributed by atoms with Crippen molar-refractivity contribution in [1.29, 1.82) is 0 Å². The molecular formula is C26H31N3O6S2. The number of sulfonamides is 2. The first-order valence-corrected chi connectivity index (χ1v) is 14.6. The van der Waals surface area contributed by atoms with Gasteiger partial charge in [0.05, 0.1) is 28.3 Å². The minimum atomic E-state index is -4.09. The SMILES string of the molecule is CCc1ccc(N(CC(=O)Nc2cc(S(=O)(=O)NC(C)C)ccc2OC)S(=O)(=O)c2ccccc2)cc1. The number of nitrogens with zero attached hydrogens (tertiary/aromatic N) is 1. The van der Waals surface area contributed by atoms with E-state index in [4.69, 9.17) is 4.74 Å². The lowest BCUT2D eigenvalue weighted by atomic mass is 10.1. The topological polar surface area (TPSA) is 122 Å². The first-order chi connectivity index (χ1) is 17.5. The van der Waals surface area contributed by atoms with Gasteiger partial charge in [-0.1, -0.05) is 37.3 Å². The summed E-state index contributed by atoms with van der Waals surface area (Å²) in [5, 5.41) is 2.61. The predicted molar refractivity (Wildman–Crippen MR) is 144 cm³/mol. The second kappa shape index (κ2) is 11.8. The van der Waals surface area contributed by atoms with Crippen molar-refractivity contribution in [2.24, 2.45) is 0 Å². The Morgan fingerprint density at radius 3 is 2.14 bits per heavy atom. The van der Waals surface area contributed by atoms with Crippen LogP contribution in [0.1, 0.15) is 26.3 Å². The van der Waals surface area contributed by atoms with Crippen LogP contribution in [0.15, 0.2) is 82.6 Å². The number of rotatable bonds is 11. The van der Waals surface area contributed by atoms with E-state index in [1.807, 2.05) is 6.92 Å². The molecule has 0 atom stereocenters. The number of amides is 1. The molecule has 0 radical (unpaired) electrons. The highest BCUT2D eigenvalue weighted by atomic mass is 32.2. The first kappa shape index (κ1) is 28.2. The third-order valence-corrected chi connectivity index (χ3v) is 8.84. The fourth-order valence-electron chi connectivity index (χ4n) is 3.58. The largest absolute Gasteiger partial charge is 0.495 e. The van der Waals surface area contributed by atoms with E-state index in [9.17, 15) is 21.6 Å². The van der Waals surface area contributed by atoms with Gasteiger partial charge in [0.25, 0.3) is 10.0 Å². The minimum absolute atomic E-state index is 0.0350. The molecule has 11 heteroatoms. The average molecular weight is 546 g/mol. The number of nitrogens with one attached hydrogen (secondary N) is 2. The highest BCUT2D eigenvalue weighted by molar-refractivity contribution is 7.92. The van der Waals surface area contributed by atoms with Gasteiger partial charge in [0.15, 0.2) is 0 Å². The number of benzene rings is 3. The van der Waals surface area contributed by atoms with Gasteiger partial charge < -0.3 is 10.1 Å². The Labute approximate surface area is 218 Å². The van der Waals surface area contributed by atoms with Crippen molar-refractivity contribution in [3.63, 3.8) is 0 Å². The second-order valence-electron chi connectivity index (χ2n) is 8.53. The number of anilines is 2. The molecule has 0 spiro atoms. The standard InChI is InChI=1S/C26H31N3O6S2/c1-5-20-11-13-21(14-12-20)29(37(33,34)22-9-7-6-8-10-22)18-26(30)27-24-17-23(15-16-25(24)35-4)36(31,32)28-19(2)3/h6-17,19,28H,5,18H2,1-4H3,(H,27,30). The summed E-state index contributed by atoms with van der Waals surface area (Å²) in [7, 11) is -6.54. The summed E-state index contributed by atoms with van der Waals surface area (Å²) >= 11 is 0. The van der Waals surface area contributed by atoms with Crippen LogP contribution in [-0.4, -0.2) is 42.4 Å². The lowest BCUT2D eigenvalue weighted by molar-refractivity contribution is -0.114. The number of ether oxygens (including phenoxy) is 1. The molecule has 0 aromatic heterocycles. The summed E-state index contributed by atoms with van der Waals surface area (Å²) in [5.41, 5.74) is 1.43. The Hall–Kier alpha value is -3.41. The summed E-state index contributed by atoms with van der Waals surface area (Å²) in [6.45, 7) is 4.82. The zero-order valence-electron chi connectivity index (χ0n) is 21.1. The van der Waals surface area contributed by atoms with Crippen molar-refractivity contribution in [1.82, 2.24) is 4.72 Å². The molecule has 0 fully saturated rings. The fraction of sp³-hybridized carbons (Fsp3) is 0.269. The summed E-state index contributed by atoms with van der Waals surface area (Å²) in [6, 6.07) is 18.5. The highest BCUT2D eigenvalue weighted by Crippen LogP contribution is 2.29. The average Bonchev–Trinajstić information content (AvgIpc) is 2.87. The van der Waals surface area contributed by atoms with Crippen LogP contribution in [0.5, 0.6) is 5.75 Å². The lowest BCUT2D eigenvalue weighted by Gasteiger charge is -2.24. The quantitative estimate of drug-likeness (QED) is 0.378. The number of aryl methyl sites for hydroxylation is 1. The molecule has 2 N–H and O–H groups in total. The van der Waals surface area contributed by atoms with Crippen molar-refractivity contribution >= 4 is 37.3 Å². The molecule has 37 heavy (non-hydrogen) atoms. The van der Waals surface area contributed by atoms with Gasteiger partial charge in [-0.05, 0) is 68.3 Å². The normalized spacial score (nSPS) is 11.8. The summed E-state index contributed by atoms with van der Waals surface area (Å²) < 4.78 is 61.1. The molecule has 0 heterocycles. The summed E-state index contributed by atoms with van der Waals surface area (Å²) in [5.74, 6) is -0.453. The van der Waals surface area contributed by atoms with Crippen LogP contribution in [0, 0.1) is 0 Å². The number of carbonyl (C=O) groups excluding carboxylic acids is 1. The smallest absolute Gasteiger partial charge is 0.264 e. The zero-order valence-corrected chi connectivity index (χ0v) is 22.8. The van der Waals surface area contributed by atoms with E-state index in [0.29, 0.717) is 5.69 Å². The monoisotopic (exact) mass is 545 g/mol. The molecule has 3 aromatic rings. The summed E-state index contributed by atoms with van der Waals surface area (Å²) in [6.07, 6.45) is 0.775. The van der Waals surface area contributed by atoms with Crippen LogP contribution in [0.2, 0.25) is 0 Å². The van der Waals surface area contributed by atoms with E-state index in [2.05, 4.69) is 10.0 Å². The van der Waals surface area contributed by atoms with Crippen molar-refractivity contribution in [2.75, 3.05) is 23.3 Å². The van der Waals surface area contributed by atoms with Gasteiger partial charge in [0.2, 0.25) is 15.9 Å². The van der Waals surface area contributed by atoms with Gasteiger partial charge in [-0.2, -0.15) is 0 Å². The number of methoxy groups -OCH3 is 1. The van der Waals surface area contributed by atoms with Gasteiger partial charge in [-0.3, -0.25) is 9.10 Å². The Morgan fingerprint density at radius 2 is 1.57 bits per heavy atom. The predicted octanol–water partition coefficient (Wildman–Crippen LogP) is 3.78. The molecule has 3 aromatic carbocycles. The molecule has 198 valence electrons. The van der Waals surface area contributed by atoms with E-state index in [-0.39, 0.29) is 27.3 Å². The van der Waals surface area contributed by atoms with Crippen LogP contribution in [0.4, 0.5) is 11.4 Å². The maximum atomic E-state index is 13.5. The molecule has 3 rings (SSSR count). The van der Waals surface area contributed by atoms with Crippen LogP contribution in [-0.2, 0) is 31.3 Å². The molecule has 9 nitrogen and oxygen atoms in total. The van der Waals surface area contributed by atoms with Gasteiger partial charge in [0, 0.05) is 6.04 Å². The van der Waals surface area contributed by atoms with Crippen molar-refractivity contribution < 1.29 is 26.4 Å². The maximum Gasteiger partial charge on any atom is 0.264 e. The van der Waals surface area contributed by atoms with Crippen molar-refractivity contribution in [2.45, 2.75) is 43.0 Å². The van der Waals surface area contributed by atoms with E-state index in [1.165, 1.54) is 37.4 Å². The van der Waals surface area contributed by atoms with Crippen LogP contribution >= 0.6 is 0 Å². The Bertz CT molecular complexity index is 1440. The third kappa shape index (κ3) is 6.88. The molecule has 1 amide bonds. The van der Waals surface area contributed by atoms with Crippen LogP contribution < -0.4 is 19.1 Å². The molecule has 0 saturated carbocycles. The van der Waals surface area contributed by atoms with E-state index < -0.39 is 32.5 Å². The highest BCUT2D eigenvalue weighted by Gasteiger charge is 2.28. The van der Waals surface area contributed by atoms with E-state index in [0.717, 1.165) is 16.3 Å². The molecule has 0 unspecified atom stereocenters. The van der Waals surface area contributed by atoms with Gasteiger partial charge in [0.1, 0.15) is 12.3 Å². The number of hydrogen-bond acceptors (Lipinski definition) is 6. The Morgan fingerprint density at radius 1 is 0.919 bits per heavy atom. The fourth-order valence-corrected chi connectivity index (χ4v) is 6.30. The number of carbonyl (C=O) groups is 1. The second-order valence-corrected chi connectivity index (χ2v) is 12.1. The van der Waals surface area contributed by atoms with Gasteiger partial charge >= 0.3 is 0 Å². The molecule has 0 aliphatic rings. The lowest BCUT2D eigenvalue weighted by Crippen LogP contribution is -2.38. The molecule has 0 bridgehead atoms. The van der Waals surface area contributed by atoms with Gasteiger partial charge in [-0.25, -0.2) is 21.6 Å². The van der Waals surface area contributed by atoms with Crippen LogP contribution in [0.3, 0.4) is 0 Å². The van der Waals surface area contributed by atoms with E-state index in [1.54, 1.807) is 56.3 Å². The zero-order chi connectivity index (χ0) is 27.2. The minimum Gasteiger partial charge on any atom is -0.495 e. The molecule has 0 aliphatic heterocycles.